The molecule has 1 saturated heterocycles. The Bertz CT molecular complexity index is 833. The fraction of sp³-hybridized carbons (Fsp3) is 0.727. The van der Waals surface area contributed by atoms with Gasteiger partial charge in [-0.15, -0.1) is 0 Å². The lowest BCUT2D eigenvalue weighted by Crippen LogP contribution is -2.56. The van der Waals surface area contributed by atoms with Gasteiger partial charge in [0.2, 0.25) is 23.6 Å². The lowest BCUT2D eigenvalue weighted by Gasteiger charge is -2.28. The first kappa shape index (κ1) is 31.6. The minimum Gasteiger partial charge on any atom is -0.480 e. The van der Waals surface area contributed by atoms with Crippen molar-refractivity contribution in [2.24, 2.45) is 33.7 Å². The number of rotatable bonds is 17. The van der Waals surface area contributed by atoms with Gasteiger partial charge in [0, 0.05) is 19.5 Å². The minimum atomic E-state index is -1.35. The molecule has 0 spiro atoms. The summed E-state index contributed by atoms with van der Waals surface area (Å²) < 4.78 is 0. The zero-order chi connectivity index (χ0) is 28.0. The van der Waals surface area contributed by atoms with E-state index in [-0.39, 0.29) is 31.1 Å². The van der Waals surface area contributed by atoms with E-state index >= 15 is 0 Å². The molecule has 4 amide bonds. The summed E-state index contributed by atoms with van der Waals surface area (Å²) in [7, 11) is 0. The van der Waals surface area contributed by atoms with E-state index in [1.165, 1.54) is 4.90 Å². The molecule has 0 saturated carbocycles. The van der Waals surface area contributed by atoms with Gasteiger partial charge in [0.25, 0.3) is 0 Å². The molecule has 0 aromatic carbocycles. The van der Waals surface area contributed by atoms with Crippen LogP contribution in [0.5, 0.6) is 0 Å². The molecule has 0 radical (unpaired) electrons. The van der Waals surface area contributed by atoms with Crippen molar-refractivity contribution in [3.8, 4) is 0 Å². The van der Waals surface area contributed by atoms with E-state index in [1.54, 1.807) is 0 Å². The molecule has 15 heteroatoms. The predicted molar refractivity (Wildman–Crippen MR) is 135 cm³/mol. The monoisotopic (exact) mass is 527 g/mol. The van der Waals surface area contributed by atoms with Gasteiger partial charge in [-0.2, -0.15) is 0 Å². The maximum Gasteiger partial charge on any atom is 0.326 e. The van der Waals surface area contributed by atoms with E-state index in [2.05, 4.69) is 15.6 Å². The van der Waals surface area contributed by atoms with Gasteiger partial charge in [-0.3, -0.25) is 24.2 Å². The fourth-order valence-electron chi connectivity index (χ4n) is 4.00. The average Bonchev–Trinajstić information content (AvgIpc) is 3.32. The molecular formula is C22H41N9O6. The van der Waals surface area contributed by atoms with Crippen LogP contribution in [-0.2, 0) is 24.0 Å². The molecule has 1 aliphatic heterocycles. The maximum absolute atomic E-state index is 13.1. The SMILES string of the molecule is NCCCCC(NC(=O)C1CCCN1C(=O)C(N)CCCN=C(N)N)C(=O)NC(CCC(N)=O)C(=O)O. The molecule has 13 N–H and O–H groups in total. The number of nitrogens with zero attached hydrogens (tertiary/aromatic N) is 2. The summed E-state index contributed by atoms with van der Waals surface area (Å²) in [6.07, 6.45) is 2.68. The molecule has 1 aliphatic rings. The molecule has 1 rings (SSSR count). The molecule has 37 heavy (non-hydrogen) atoms. The second-order valence-corrected chi connectivity index (χ2v) is 8.99. The Balaban J connectivity index is 2.85. The number of carboxylic acids is 1. The number of likely N-dealkylation sites (tertiary alicyclic amines) is 1. The van der Waals surface area contributed by atoms with Gasteiger partial charge in [-0.05, 0) is 57.9 Å². The van der Waals surface area contributed by atoms with Gasteiger partial charge in [-0.25, -0.2) is 4.79 Å². The predicted octanol–water partition coefficient (Wildman–Crippen LogP) is -3.19. The second-order valence-electron chi connectivity index (χ2n) is 8.99. The Morgan fingerprint density at radius 3 is 2.27 bits per heavy atom. The van der Waals surface area contributed by atoms with E-state index in [1.807, 2.05) is 0 Å². The molecule has 0 aromatic heterocycles. The van der Waals surface area contributed by atoms with Crippen LogP contribution in [0.15, 0.2) is 4.99 Å². The van der Waals surface area contributed by atoms with Crippen LogP contribution in [0, 0.1) is 0 Å². The quantitative estimate of drug-likeness (QED) is 0.0532. The van der Waals surface area contributed by atoms with Crippen LogP contribution >= 0.6 is 0 Å². The Morgan fingerprint density at radius 2 is 1.68 bits per heavy atom. The third-order valence-electron chi connectivity index (χ3n) is 6.00. The Labute approximate surface area is 215 Å². The number of guanidine groups is 1. The molecule has 15 nitrogen and oxygen atoms in total. The highest BCUT2D eigenvalue weighted by Crippen LogP contribution is 2.20. The fourth-order valence-corrected chi connectivity index (χ4v) is 4.00. The van der Waals surface area contributed by atoms with Crippen LogP contribution < -0.4 is 39.3 Å². The van der Waals surface area contributed by atoms with Crippen LogP contribution in [0.1, 0.15) is 57.8 Å². The number of nitrogens with two attached hydrogens (primary N) is 5. The summed E-state index contributed by atoms with van der Waals surface area (Å²) in [6.45, 7) is 1.05. The second kappa shape index (κ2) is 16.3. The van der Waals surface area contributed by atoms with E-state index in [9.17, 15) is 29.1 Å². The molecule has 1 fully saturated rings. The minimum absolute atomic E-state index is 0.0521. The number of carbonyl (C=O) groups is 5. The maximum atomic E-state index is 13.1. The highest BCUT2D eigenvalue weighted by Gasteiger charge is 2.37. The van der Waals surface area contributed by atoms with Gasteiger partial charge in [0.1, 0.15) is 18.1 Å². The largest absolute Gasteiger partial charge is 0.480 e. The van der Waals surface area contributed by atoms with E-state index in [0.717, 1.165) is 0 Å². The molecule has 0 aromatic rings. The van der Waals surface area contributed by atoms with Crippen molar-refractivity contribution >= 4 is 35.6 Å². The van der Waals surface area contributed by atoms with Gasteiger partial charge in [-0.1, -0.05) is 0 Å². The van der Waals surface area contributed by atoms with Crippen LogP contribution in [0.2, 0.25) is 0 Å². The van der Waals surface area contributed by atoms with Crippen molar-refractivity contribution in [3.05, 3.63) is 0 Å². The number of hydrogen-bond acceptors (Lipinski definition) is 8. The zero-order valence-corrected chi connectivity index (χ0v) is 21.1. The highest BCUT2D eigenvalue weighted by atomic mass is 16.4. The Kier molecular flexibility index (Phi) is 13.9. The lowest BCUT2D eigenvalue weighted by atomic mass is 10.1. The standard InChI is InChI=1S/C22H41N9O6/c23-10-2-1-6-14(18(33)30-15(21(36)37)8-9-17(25)32)29-19(34)16-7-4-12-31(16)20(35)13(24)5-3-11-28-22(26)27/h13-16H,1-12,23-24H2,(H2,25,32)(H,29,34)(H,30,33)(H,36,37)(H4,26,27,28). The Hall–Kier alpha value is -3.46. The molecule has 210 valence electrons. The number of carbonyl (C=O) groups excluding carboxylic acids is 4. The Morgan fingerprint density at radius 1 is 0.973 bits per heavy atom. The summed E-state index contributed by atoms with van der Waals surface area (Å²) in [4.78, 5) is 66.8. The summed E-state index contributed by atoms with van der Waals surface area (Å²) in [5.41, 5.74) is 27.2. The number of carboxylic acid groups (broad SMARTS) is 1. The van der Waals surface area contributed by atoms with Crippen molar-refractivity contribution in [1.29, 1.82) is 0 Å². The van der Waals surface area contributed by atoms with Gasteiger partial charge < -0.3 is 49.3 Å². The van der Waals surface area contributed by atoms with Crippen molar-refractivity contribution in [2.75, 3.05) is 19.6 Å². The first-order chi connectivity index (χ1) is 17.5. The lowest BCUT2D eigenvalue weighted by molar-refractivity contribution is -0.143. The number of amides is 4. The third kappa shape index (κ3) is 11.4. The highest BCUT2D eigenvalue weighted by molar-refractivity contribution is 5.94. The van der Waals surface area contributed by atoms with Crippen molar-refractivity contribution in [1.82, 2.24) is 15.5 Å². The molecular weight excluding hydrogens is 486 g/mol. The van der Waals surface area contributed by atoms with Gasteiger partial charge in [0.05, 0.1) is 6.04 Å². The van der Waals surface area contributed by atoms with E-state index < -0.39 is 47.9 Å². The van der Waals surface area contributed by atoms with E-state index in [4.69, 9.17) is 28.7 Å². The third-order valence-corrected chi connectivity index (χ3v) is 6.00. The molecule has 4 atom stereocenters. The van der Waals surface area contributed by atoms with Crippen molar-refractivity contribution in [3.63, 3.8) is 0 Å². The van der Waals surface area contributed by atoms with Gasteiger partial charge >= 0.3 is 5.97 Å². The van der Waals surface area contributed by atoms with Crippen molar-refractivity contribution < 1.29 is 29.1 Å². The van der Waals surface area contributed by atoms with Crippen molar-refractivity contribution in [2.45, 2.75) is 82.0 Å². The molecule has 4 unspecified atom stereocenters. The zero-order valence-electron chi connectivity index (χ0n) is 21.1. The summed E-state index contributed by atoms with van der Waals surface area (Å²) in [5, 5.41) is 14.4. The van der Waals surface area contributed by atoms with Crippen LogP contribution in [0.3, 0.4) is 0 Å². The first-order valence-corrected chi connectivity index (χ1v) is 12.4. The van der Waals surface area contributed by atoms with Crippen LogP contribution in [-0.4, -0.2) is 89.4 Å². The van der Waals surface area contributed by atoms with Crippen LogP contribution in [0.4, 0.5) is 0 Å². The molecule has 1 heterocycles. The summed E-state index contributed by atoms with van der Waals surface area (Å²) in [6, 6.07) is -4.06. The normalized spacial score (nSPS) is 17.4. The number of unbranched alkanes of at least 4 members (excludes halogenated alkanes) is 1. The topological polar surface area (TPSA) is 275 Å². The van der Waals surface area contributed by atoms with E-state index in [0.29, 0.717) is 58.2 Å². The van der Waals surface area contributed by atoms with Gasteiger partial charge in [0.15, 0.2) is 5.96 Å². The summed E-state index contributed by atoms with van der Waals surface area (Å²) >= 11 is 0. The smallest absolute Gasteiger partial charge is 0.326 e. The average molecular weight is 528 g/mol. The number of nitrogens with one attached hydrogen (secondary N) is 2. The first-order valence-electron chi connectivity index (χ1n) is 12.4. The summed E-state index contributed by atoms with van der Waals surface area (Å²) in [5.74, 6) is -3.71. The number of aliphatic carboxylic acids is 1. The van der Waals surface area contributed by atoms with Crippen LogP contribution in [0.25, 0.3) is 0 Å². The number of primary amides is 1. The molecule has 0 aliphatic carbocycles. The number of aliphatic imine (C=N–C) groups is 1. The number of hydrogen-bond donors (Lipinski definition) is 8. The molecule has 0 bridgehead atoms.